The Labute approximate surface area is 299 Å². The number of hydrogen-bond acceptors (Lipinski definition) is 1. The number of pyridine rings is 1. The van der Waals surface area contributed by atoms with Crippen molar-refractivity contribution >= 4 is 65.2 Å². The van der Waals surface area contributed by atoms with E-state index in [-0.39, 0.29) is 0 Å². The predicted molar refractivity (Wildman–Crippen MR) is 218 cm³/mol. The average molecular weight is 660 g/mol. The van der Waals surface area contributed by atoms with Gasteiger partial charge in [0, 0.05) is 43.6 Å². The Morgan fingerprint density at radius 2 is 1.00 bits per heavy atom. The van der Waals surface area contributed by atoms with Crippen molar-refractivity contribution in [2.75, 3.05) is 0 Å². The molecule has 0 radical (unpaired) electrons. The molecule has 0 saturated heterocycles. The number of hydrogen-bond donors (Lipinski definition) is 0. The molecule has 11 aromatic rings. The van der Waals surface area contributed by atoms with Crippen LogP contribution >= 0.6 is 0 Å². The highest BCUT2D eigenvalue weighted by Gasteiger charge is 2.24. The Morgan fingerprint density at radius 1 is 0.365 bits per heavy atom. The van der Waals surface area contributed by atoms with E-state index in [0.717, 1.165) is 22.5 Å². The zero-order chi connectivity index (χ0) is 33.9. The van der Waals surface area contributed by atoms with Crippen molar-refractivity contribution < 1.29 is 0 Å². The van der Waals surface area contributed by atoms with Gasteiger partial charge in [-0.2, -0.15) is 0 Å². The van der Waals surface area contributed by atoms with Crippen molar-refractivity contribution in [3.63, 3.8) is 0 Å². The van der Waals surface area contributed by atoms with Crippen LogP contribution in [0.15, 0.2) is 176 Å². The minimum absolute atomic E-state index is 0.942. The highest BCUT2D eigenvalue weighted by molar-refractivity contribution is 6.20. The molecule has 0 amide bonds. The third kappa shape index (κ3) is 3.72. The summed E-state index contributed by atoms with van der Waals surface area (Å²) < 4.78 is 4.77. The first-order valence-electron chi connectivity index (χ1n) is 17.9. The van der Waals surface area contributed by atoms with Crippen molar-refractivity contribution in [3.05, 3.63) is 176 Å². The molecule has 1 aliphatic carbocycles. The van der Waals surface area contributed by atoms with Gasteiger partial charge in [0.15, 0.2) is 0 Å². The Balaban J connectivity index is 1.08. The molecular weight excluding hydrogens is 631 g/mol. The van der Waals surface area contributed by atoms with Crippen molar-refractivity contribution in [3.8, 4) is 45.0 Å². The zero-order valence-electron chi connectivity index (χ0n) is 28.1. The lowest BCUT2D eigenvalue weighted by Crippen LogP contribution is -1.98. The van der Waals surface area contributed by atoms with Crippen molar-refractivity contribution in [2.24, 2.45) is 0 Å². The van der Waals surface area contributed by atoms with Gasteiger partial charge in [0.1, 0.15) is 5.82 Å². The molecule has 0 spiro atoms. The van der Waals surface area contributed by atoms with Crippen LogP contribution in [0.1, 0.15) is 0 Å². The number of aromatic nitrogens is 3. The maximum atomic E-state index is 5.41. The van der Waals surface area contributed by atoms with Gasteiger partial charge in [-0.25, -0.2) is 4.98 Å². The van der Waals surface area contributed by atoms with Gasteiger partial charge in [0.05, 0.1) is 27.8 Å². The lowest BCUT2D eigenvalue weighted by Gasteiger charge is -2.11. The topological polar surface area (TPSA) is 22.8 Å². The van der Waals surface area contributed by atoms with Crippen LogP contribution in [0.3, 0.4) is 0 Å². The van der Waals surface area contributed by atoms with E-state index >= 15 is 0 Å². The third-order valence-corrected chi connectivity index (χ3v) is 11.2. The fourth-order valence-electron chi connectivity index (χ4n) is 8.96. The summed E-state index contributed by atoms with van der Waals surface area (Å²) in [5, 5.41) is 9.92. The third-order valence-electron chi connectivity index (χ3n) is 11.2. The van der Waals surface area contributed by atoms with E-state index in [4.69, 9.17) is 4.98 Å². The normalized spacial score (nSPS) is 12.2. The molecule has 3 heterocycles. The van der Waals surface area contributed by atoms with Crippen molar-refractivity contribution in [2.45, 2.75) is 0 Å². The quantitative estimate of drug-likeness (QED) is 0.185. The number of nitrogens with zero attached hydrogens (tertiary/aromatic N) is 3. The molecule has 0 atom stereocenters. The molecule has 0 bridgehead atoms. The zero-order valence-corrected chi connectivity index (χ0v) is 28.1. The lowest BCUT2D eigenvalue weighted by atomic mass is 10.00. The van der Waals surface area contributed by atoms with Gasteiger partial charge in [0.25, 0.3) is 0 Å². The Bertz CT molecular complexity index is 3290. The van der Waals surface area contributed by atoms with Gasteiger partial charge in [0.2, 0.25) is 0 Å². The predicted octanol–water partition coefficient (Wildman–Crippen LogP) is 12.9. The maximum Gasteiger partial charge on any atom is 0.138 e. The highest BCUT2D eigenvalue weighted by Crippen LogP contribution is 2.47. The number of fused-ring (bicyclic) bond motifs is 11. The number of benzene rings is 8. The van der Waals surface area contributed by atoms with Crippen LogP contribution in [0.25, 0.3) is 110 Å². The Kier molecular flexibility index (Phi) is 5.50. The summed E-state index contributed by atoms with van der Waals surface area (Å²) in [4.78, 5) is 5.41. The molecule has 1 aliphatic rings. The molecule has 3 aromatic heterocycles. The molecule has 8 aromatic carbocycles. The van der Waals surface area contributed by atoms with Gasteiger partial charge in [-0.15, -0.1) is 0 Å². The van der Waals surface area contributed by atoms with E-state index in [2.05, 4.69) is 185 Å². The maximum absolute atomic E-state index is 5.41. The number of rotatable bonds is 3. The minimum Gasteiger partial charge on any atom is -0.309 e. The summed E-state index contributed by atoms with van der Waals surface area (Å²) >= 11 is 0. The molecule has 12 rings (SSSR count). The van der Waals surface area contributed by atoms with Crippen LogP contribution < -0.4 is 0 Å². The molecule has 0 saturated carbocycles. The largest absolute Gasteiger partial charge is 0.309 e. The SMILES string of the molecule is c1ccc(-n2c3ccc(-c4ccc5c(c4)c4ccccc4n5-c4cc5cccc6c5c(n4)-c4ccccc4-6)cc3c3ccc4ccccc4c32)cc1. The summed E-state index contributed by atoms with van der Waals surface area (Å²) in [6.45, 7) is 0. The molecule has 52 heavy (non-hydrogen) atoms. The van der Waals surface area contributed by atoms with E-state index in [0.29, 0.717) is 0 Å². The van der Waals surface area contributed by atoms with E-state index in [1.54, 1.807) is 0 Å². The fraction of sp³-hybridized carbons (Fsp3) is 0. The van der Waals surface area contributed by atoms with Crippen LogP contribution in [-0.4, -0.2) is 14.1 Å². The van der Waals surface area contributed by atoms with Crippen LogP contribution in [0.4, 0.5) is 0 Å². The Hall–Kier alpha value is -6.97. The second-order valence-corrected chi connectivity index (χ2v) is 13.9. The van der Waals surface area contributed by atoms with E-state index in [1.807, 2.05) is 0 Å². The van der Waals surface area contributed by atoms with Crippen LogP contribution in [0.2, 0.25) is 0 Å². The summed E-state index contributed by atoms with van der Waals surface area (Å²) in [5.41, 5.74) is 13.1. The smallest absolute Gasteiger partial charge is 0.138 e. The standard InChI is InChI=1S/C49H29N3/c1-2-13-34(14-3-1)51-44-25-22-32(28-42(44)40-24-21-30-11-4-5-15-35(30)49(40)51)31-23-26-45-41(27-31)37-17-8-9-20-43(37)52(45)46-29-33-12-10-19-38-36-16-6-7-18-39(36)48(50-46)47(33)38/h1-29H. The Morgan fingerprint density at radius 3 is 1.85 bits per heavy atom. The monoisotopic (exact) mass is 659 g/mol. The van der Waals surface area contributed by atoms with Crippen molar-refractivity contribution in [1.29, 1.82) is 0 Å². The van der Waals surface area contributed by atoms with Crippen LogP contribution in [0.5, 0.6) is 0 Å². The first kappa shape index (κ1) is 27.8. The van der Waals surface area contributed by atoms with Crippen LogP contribution in [-0.2, 0) is 0 Å². The fourth-order valence-corrected chi connectivity index (χ4v) is 8.96. The summed E-state index contributed by atoms with van der Waals surface area (Å²) in [7, 11) is 0. The van der Waals surface area contributed by atoms with Crippen LogP contribution in [0, 0.1) is 0 Å². The molecular formula is C49H29N3. The first-order chi connectivity index (χ1) is 25.8. The molecule has 3 heteroatoms. The van der Waals surface area contributed by atoms with Gasteiger partial charge in [-0.1, -0.05) is 127 Å². The summed E-state index contributed by atoms with van der Waals surface area (Å²) in [6.07, 6.45) is 0. The van der Waals surface area contributed by atoms with E-state index in [9.17, 15) is 0 Å². The molecule has 0 N–H and O–H groups in total. The van der Waals surface area contributed by atoms with E-state index < -0.39 is 0 Å². The highest BCUT2D eigenvalue weighted by atomic mass is 15.1. The second-order valence-electron chi connectivity index (χ2n) is 13.9. The van der Waals surface area contributed by atoms with Gasteiger partial charge >= 0.3 is 0 Å². The summed E-state index contributed by atoms with van der Waals surface area (Å²) in [5.74, 6) is 0.942. The molecule has 0 fully saturated rings. The number of para-hydroxylation sites is 2. The second kappa shape index (κ2) is 10.3. The minimum atomic E-state index is 0.942. The first-order valence-corrected chi connectivity index (χ1v) is 17.9. The van der Waals surface area contributed by atoms with Gasteiger partial charge in [-0.3, -0.25) is 4.57 Å². The van der Waals surface area contributed by atoms with Gasteiger partial charge in [-0.05, 0) is 81.6 Å². The molecule has 0 aliphatic heterocycles. The summed E-state index contributed by atoms with van der Waals surface area (Å²) in [6, 6.07) is 64.2. The lowest BCUT2D eigenvalue weighted by molar-refractivity contribution is 1.09. The van der Waals surface area contributed by atoms with Gasteiger partial charge < -0.3 is 4.57 Å². The average Bonchev–Trinajstić information content (AvgIpc) is 3.84. The molecule has 0 unspecified atom stereocenters. The molecule has 3 nitrogen and oxygen atoms in total. The van der Waals surface area contributed by atoms with E-state index in [1.165, 1.54) is 87.6 Å². The van der Waals surface area contributed by atoms with Crippen molar-refractivity contribution in [1.82, 2.24) is 14.1 Å². The molecule has 240 valence electrons.